The molecule has 5 N–H and O–H groups in total. The minimum atomic E-state index is -0.473. The van der Waals surface area contributed by atoms with Gasteiger partial charge in [-0.1, -0.05) is 0 Å². The molecule has 0 bridgehead atoms. The van der Waals surface area contributed by atoms with Crippen LogP contribution in [0.3, 0.4) is 0 Å². The van der Waals surface area contributed by atoms with E-state index >= 15 is 0 Å². The molecule has 0 aromatic heterocycles. The largest absolute Gasteiger partial charge is 0.352 e. The van der Waals surface area contributed by atoms with E-state index in [1.165, 1.54) is 0 Å². The van der Waals surface area contributed by atoms with Crippen molar-refractivity contribution in [1.29, 1.82) is 0 Å². The van der Waals surface area contributed by atoms with E-state index in [2.05, 4.69) is 36.7 Å². The molecule has 0 aliphatic carbocycles. The van der Waals surface area contributed by atoms with Gasteiger partial charge in [0.25, 0.3) is 0 Å². The number of rotatable bonds is 6. The summed E-state index contributed by atoms with van der Waals surface area (Å²) in [4.78, 5) is 10.3. The molecule has 0 radical (unpaired) electrons. The Labute approximate surface area is 85.8 Å². The predicted octanol–water partition coefficient (Wildman–Crippen LogP) is -0.368. The van der Waals surface area contributed by atoms with Crippen molar-refractivity contribution in [2.24, 2.45) is 5.73 Å². The molecular weight excluding hydrogens is 180 g/mol. The van der Waals surface area contributed by atoms with Gasteiger partial charge in [-0.3, -0.25) is 0 Å². The number of nitrogens with two attached hydrogens (primary N) is 1. The minimum absolute atomic E-state index is 0.160. The Balaban J connectivity index is 3.11. The third-order valence-corrected chi connectivity index (χ3v) is 1.56. The lowest BCUT2D eigenvalue weighted by Crippen LogP contribution is -2.41. The number of hydrogen-bond acceptors (Lipinski definition) is 3. The number of primary amides is 1. The Morgan fingerprint density at radius 1 is 1.14 bits per heavy atom. The monoisotopic (exact) mass is 202 g/mol. The first-order valence-electron chi connectivity index (χ1n) is 4.91. The third-order valence-electron chi connectivity index (χ3n) is 1.56. The van der Waals surface area contributed by atoms with E-state index < -0.39 is 6.03 Å². The van der Waals surface area contributed by atoms with Gasteiger partial charge in [-0.05, 0) is 20.8 Å². The van der Waals surface area contributed by atoms with E-state index in [0.717, 1.165) is 19.6 Å². The fourth-order valence-electron chi connectivity index (χ4n) is 0.925. The number of amides is 2. The summed E-state index contributed by atoms with van der Waals surface area (Å²) in [6, 6.07) is -0.473. The molecule has 0 atom stereocenters. The van der Waals surface area contributed by atoms with Gasteiger partial charge in [0.2, 0.25) is 0 Å². The number of carbonyl (C=O) groups is 1. The predicted molar refractivity (Wildman–Crippen MR) is 58.2 cm³/mol. The zero-order chi connectivity index (χ0) is 11.0. The van der Waals surface area contributed by atoms with Crippen LogP contribution in [0.1, 0.15) is 20.8 Å². The Morgan fingerprint density at radius 2 is 1.71 bits per heavy atom. The second-order valence-corrected chi connectivity index (χ2v) is 4.22. The van der Waals surface area contributed by atoms with Crippen LogP contribution < -0.4 is 21.7 Å². The molecule has 0 aromatic carbocycles. The number of hydrogen-bond donors (Lipinski definition) is 4. The second-order valence-electron chi connectivity index (χ2n) is 4.22. The van der Waals surface area contributed by atoms with Crippen molar-refractivity contribution in [2.45, 2.75) is 26.3 Å². The van der Waals surface area contributed by atoms with Gasteiger partial charge in [-0.2, -0.15) is 0 Å². The van der Waals surface area contributed by atoms with Crippen LogP contribution in [0.4, 0.5) is 4.79 Å². The highest BCUT2D eigenvalue weighted by Gasteiger charge is 2.06. The highest BCUT2D eigenvalue weighted by atomic mass is 16.2. The SMILES string of the molecule is CC(C)(C)NCCNCCNC(N)=O. The van der Waals surface area contributed by atoms with E-state index in [1.54, 1.807) is 0 Å². The molecule has 0 rings (SSSR count). The molecule has 0 spiro atoms. The normalized spacial score (nSPS) is 11.4. The molecule has 0 saturated carbocycles. The molecular formula is C9H22N4O. The molecule has 0 aromatic rings. The van der Waals surface area contributed by atoms with E-state index in [1.807, 2.05) is 0 Å². The van der Waals surface area contributed by atoms with Crippen LogP contribution in [0.15, 0.2) is 0 Å². The quantitative estimate of drug-likeness (QED) is 0.444. The van der Waals surface area contributed by atoms with Gasteiger partial charge in [0.15, 0.2) is 0 Å². The molecule has 5 heteroatoms. The maximum Gasteiger partial charge on any atom is 0.312 e. The summed E-state index contributed by atoms with van der Waals surface area (Å²) in [5, 5.41) is 9.04. The third kappa shape index (κ3) is 11.2. The van der Waals surface area contributed by atoms with Gasteiger partial charge < -0.3 is 21.7 Å². The maximum atomic E-state index is 10.3. The first kappa shape index (κ1) is 13.2. The van der Waals surface area contributed by atoms with Crippen LogP contribution in [-0.2, 0) is 0 Å². The van der Waals surface area contributed by atoms with Crippen molar-refractivity contribution in [3.05, 3.63) is 0 Å². The summed E-state index contributed by atoms with van der Waals surface area (Å²) in [6.45, 7) is 9.50. The topological polar surface area (TPSA) is 79.2 Å². The molecule has 0 unspecified atom stereocenters. The molecule has 14 heavy (non-hydrogen) atoms. The first-order valence-corrected chi connectivity index (χ1v) is 4.91. The van der Waals surface area contributed by atoms with Crippen molar-refractivity contribution >= 4 is 6.03 Å². The van der Waals surface area contributed by atoms with Crippen molar-refractivity contribution in [3.8, 4) is 0 Å². The van der Waals surface area contributed by atoms with Crippen LogP contribution in [0, 0.1) is 0 Å². The van der Waals surface area contributed by atoms with Crippen LogP contribution in [-0.4, -0.2) is 37.7 Å². The molecule has 0 heterocycles. The fourth-order valence-corrected chi connectivity index (χ4v) is 0.925. The Kier molecular flexibility index (Phi) is 6.23. The standard InChI is InChI=1S/C9H22N4O/c1-9(2,3)13-7-5-11-4-6-12-8(10)14/h11,13H,4-7H2,1-3H3,(H3,10,12,14). The minimum Gasteiger partial charge on any atom is -0.352 e. The highest BCUT2D eigenvalue weighted by molar-refractivity contribution is 5.71. The lowest BCUT2D eigenvalue weighted by atomic mass is 10.1. The maximum absolute atomic E-state index is 10.3. The molecule has 0 saturated heterocycles. The Bertz CT molecular complexity index is 165. The summed E-state index contributed by atoms with van der Waals surface area (Å²) in [5.74, 6) is 0. The lowest BCUT2D eigenvalue weighted by Gasteiger charge is -2.20. The van der Waals surface area contributed by atoms with Crippen molar-refractivity contribution in [3.63, 3.8) is 0 Å². The van der Waals surface area contributed by atoms with Gasteiger partial charge in [-0.25, -0.2) is 4.79 Å². The van der Waals surface area contributed by atoms with E-state index in [4.69, 9.17) is 5.73 Å². The van der Waals surface area contributed by atoms with Crippen LogP contribution >= 0.6 is 0 Å². The highest BCUT2D eigenvalue weighted by Crippen LogP contribution is 1.95. The number of nitrogens with one attached hydrogen (secondary N) is 3. The second kappa shape index (κ2) is 6.62. The average Bonchev–Trinajstić information content (AvgIpc) is 2.00. The van der Waals surface area contributed by atoms with E-state index in [9.17, 15) is 4.79 Å². The molecule has 0 aliphatic heterocycles. The van der Waals surface area contributed by atoms with Crippen LogP contribution in [0.25, 0.3) is 0 Å². The van der Waals surface area contributed by atoms with Crippen molar-refractivity contribution < 1.29 is 4.79 Å². The van der Waals surface area contributed by atoms with Gasteiger partial charge in [0.05, 0.1) is 0 Å². The van der Waals surface area contributed by atoms with Crippen LogP contribution in [0.5, 0.6) is 0 Å². The number of urea groups is 1. The molecule has 84 valence electrons. The molecule has 5 nitrogen and oxygen atoms in total. The fraction of sp³-hybridized carbons (Fsp3) is 0.889. The first-order chi connectivity index (χ1) is 6.42. The summed E-state index contributed by atoms with van der Waals surface area (Å²) in [7, 11) is 0. The zero-order valence-electron chi connectivity index (χ0n) is 9.31. The Hall–Kier alpha value is -0.810. The Morgan fingerprint density at radius 3 is 2.21 bits per heavy atom. The zero-order valence-corrected chi connectivity index (χ0v) is 9.31. The molecule has 2 amide bonds. The van der Waals surface area contributed by atoms with Crippen molar-refractivity contribution in [1.82, 2.24) is 16.0 Å². The van der Waals surface area contributed by atoms with E-state index in [0.29, 0.717) is 6.54 Å². The van der Waals surface area contributed by atoms with Crippen LogP contribution in [0.2, 0.25) is 0 Å². The summed E-state index contributed by atoms with van der Waals surface area (Å²) in [5.41, 5.74) is 5.06. The van der Waals surface area contributed by atoms with Crippen molar-refractivity contribution in [2.75, 3.05) is 26.2 Å². The molecule has 0 aliphatic rings. The smallest absolute Gasteiger partial charge is 0.312 e. The van der Waals surface area contributed by atoms with Gasteiger partial charge in [0, 0.05) is 31.7 Å². The lowest BCUT2D eigenvalue weighted by molar-refractivity contribution is 0.249. The summed E-state index contributed by atoms with van der Waals surface area (Å²) < 4.78 is 0. The summed E-state index contributed by atoms with van der Waals surface area (Å²) in [6.07, 6.45) is 0. The summed E-state index contributed by atoms with van der Waals surface area (Å²) >= 11 is 0. The average molecular weight is 202 g/mol. The van der Waals surface area contributed by atoms with Gasteiger partial charge >= 0.3 is 6.03 Å². The van der Waals surface area contributed by atoms with Gasteiger partial charge in [0.1, 0.15) is 0 Å². The number of carbonyl (C=O) groups excluding carboxylic acids is 1. The molecule has 0 fully saturated rings. The van der Waals surface area contributed by atoms with Gasteiger partial charge in [-0.15, -0.1) is 0 Å². The van der Waals surface area contributed by atoms with E-state index in [-0.39, 0.29) is 5.54 Å².